The standard InChI is InChI=1S/C14H20ClN/c1-11(2)16-10-4-9-14(16,3)12-5-7-13(15)8-6-12/h5-8,11H,4,9-10H2,1-3H3. The Bertz CT molecular complexity index is 358. The largest absolute Gasteiger partial charge is 0.291 e. The van der Waals surface area contributed by atoms with Gasteiger partial charge in [-0.25, -0.2) is 0 Å². The van der Waals surface area contributed by atoms with Gasteiger partial charge in [0.05, 0.1) is 0 Å². The van der Waals surface area contributed by atoms with Gasteiger partial charge in [-0.15, -0.1) is 0 Å². The van der Waals surface area contributed by atoms with Crippen LogP contribution in [0.1, 0.15) is 39.2 Å². The van der Waals surface area contributed by atoms with E-state index < -0.39 is 0 Å². The monoisotopic (exact) mass is 237 g/mol. The average Bonchev–Trinajstić information content (AvgIpc) is 2.62. The van der Waals surface area contributed by atoms with Crippen molar-refractivity contribution in [2.75, 3.05) is 6.54 Å². The summed E-state index contributed by atoms with van der Waals surface area (Å²) in [7, 11) is 0. The summed E-state index contributed by atoms with van der Waals surface area (Å²) in [5.41, 5.74) is 1.58. The van der Waals surface area contributed by atoms with E-state index in [0.717, 1.165) is 5.02 Å². The highest BCUT2D eigenvalue weighted by Gasteiger charge is 2.39. The molecule has 0 bridgehead atoms. The minimum Gasteiger partial charge on any atom is -0.291 e. The molecule has 16 heavy (non-hydrogen) atoms. The smallest absolute Gasteiger partial charge is 0.0435 e. The number of hydrogen-bond donors (Lipinski definition) is 0. The van der Waals surface area contributed by atoms with Crippen LogP contribution in [0.15, 0.2) is 24.3 Å². The van der Waals surface area contributed by atoms with E-state index in [1.54, 1.807) is 0 Å². The molecule has 88 valence electrons. The molecule has 1 heterocycles. The molecule has 1 atom stereocenters. The van der Waals surface area contributed by atoms with Gasteiger partial charge in [0, 0.05) is 16.6 Å². The van der Waals surface area contributed by atoms with Crippen molar-refractivity contribution < 1.29 is 0 Å². The van der Waals surface area contributed by atoms with E-state index in [9.17, 15) is 0 Å². The average molecular weight is 238 g/mol. The molecule has 1 fully saturated rings. The maximum Gasteiger partial charge on any atom is 0.0435 e. The third-order valence-electron chi connectivity index (χ3n) is 3.79. The van der Waals surface area contributed by atoms with E-state index in [4.69, 9.17) is 11.6 Å². The van der Waals surface area contributed by atoms with Crippen LogP contribution in [0.3, 0.4) is 0 Å². The second-order valence-electron chi connectivity index (χ2n) is 5.17. The van der Waals surface area contributed by atoms with Gasteiger partial charge in [0.25, 0.3) is 0 Å². The Morgan fingerprint density at radius 2 is 1.88 bits per heavy atom. The van der Waals surface area contributed by atoms with Gasteiger partial charge in [0.1, 0.15) is 0 Å². The first-order chi connectivity index (χ1) is 7.54. The highest BCUT2D eigenvalue weighted by Crippen LogP contribution is 2.39. The molecule has 2 rings (SSSR count). The molecule has 1 aromatic rings. The first kappa shape index (κ1) is 11.9. The Morgan fingerprint density at radius 3 is 2.44 bits per heavy atom. The van der Waals surface area contributed by atoms with Crippen LogP contribution >= 0.6 is 11.6 Å². The molecule has 1 unspecified atom stereocenters. The summed E-state index contributed by atoms with van der Waals surface area (Å²) in [6, 6.07) is 8.94. The summed E-state index contributed by atoms with van der Waals surface area (Å²) < 4.78 is 0. The second kappa shape index (κ2) is 4.38. The molecule has 1 aliphatic rings. The van der Waals surface area contributed by atoms with Gasteiger partial charge < -0.3 is 0 Å². The fraction of sp³-hybridized carbons (Fsp3) is 0.571. The minimum absolute atomic E-state index is 0.193. The molecule has 1 aliphatic heterocycles. The van der Waals surface area contributed by atoms with Gasteiger partial charge in [-0.3, -0.25) is 4.90 Å². The van der Waals surface area contributed by atoms with E-state index in [1.165, 1.54) is 24.9 Å². The highest BCUT2D eigenvalue weighted by atomic mass is 35.5. The Kier molecular flexibility index (Phi) is 3.27. The van der Waals surface area contributed by atoms with E-state index in [0.29, 0.717) is 6.04 Å². The summed E-state index contributed by atoms with van der Waals surface area (Å²) in [5.74, 6) is 0. The molecule has 1 nitrogen and oxygen atoms in total. The summed E-state index contributed by atoms with van der Waals surface area (Å²) in [4.78, 5) is 2.59. The van der Waals surface area contributed by atoms with Crippen LogP contribution in [0.5, 0.6) is 0 Å². The maximum absolute atomic E-state index is 5.95. The zero-order chi connectivity index (χ0) is 11.8. The van der Waals surface area contributed by atoms with Crippen LogP contribution in [0, 0.1) is 0 Å². The van der Waals surface area contributed by atoms with Gasteiger partial charge in [0.2, 0.25) is 0 Å². The van der Waals surface area contributed by atoms with Crippen LogP contribution in [-0.4, -0.2) is 17.5 Å². The van der Waals surface area contributed by atoms with Crippen molar-refractivity contribution in [2.24, 2.45) is 0 Å². The van der Waals surface area contributed by atoms with Gasteiger partial charge in [-0.05, 0) is 57.9 Å². The number of benzene rings is 1. The van der Waals surface area contributed by atoms with Gasteiger partial charge in [-0.1, -0.05) is 23.7 Å². The predicted octanol–water partition coefficient (Wildman–Crippen LogP) is 4.06. The summed E-state index contributed by atoms with van der Waals surface area (Å²) in [5, 5.41) is 0.821. The molecular formula is C14H20ClN. The number of nitrogens with zero attached hydrogens (tertiary/aromatic N) is 1. The first-order valence-corrected chi connectivity index (χ1v) is 6.44. The minimum atomic E-state index is 0.193. The maximum atomic E-state index is 5.95. The lowest BCUT2D eigenvalue weighted by Crippen LogP contribution is -2.42. The molecule has 1 saturated heterocycles. The number of halogens is 1. The normalized spacial score (nSPS) is 26.6. The topological polar surface area (TPSA) is 3.24 Å². The fourth-order valence-corrected chi connectivity index (χ4v) is 3.06. The van der Waals surface area contributed by atoms with Crippen molar-refractivity contribution in [3.63, 3.8) is 0 Å². The Labute approximate surface area is 103 Å². The van der Waals surface area contributed by atoms with Crippen molar-refractivity contribution in [2.45, 2.75) is 45.2 Å². The molecule has 0 N–H and O–H groups in total. The zero-order valence-corrected chi connectivity index (χ0v) is 11.1. The van der Waals surface area contributed by atoms with Crippen LogP contribution < -0.4 is 0 Å². The summed E-state index contributed by atoms with van der Waals surface area (Å²) >= 11 is 5.95. The van der Waals surface area contributed by atoms with Crippen molar-refractivity contribution in [1.82, 2.24) is 4.90 Å². The Hall–Kier alpha value is -0.530. The first-order valence-electron chi connectivity index (χ1n) is 6.07. The van der Waals surface area contributed by atoms with E-state index >= 15 is 0 Å². The molecule has 0 radical (unpaired) electrons. The SMILES string of the molecule is CC(C)N1CCCC1(C)c1ccc(Cl)cc1. The van der Waals surface area contributed by atoms with Gasteiger partial charge in [-0.2, -0.15) is 0 Å². The summed E-state index contributed by atoms with van der Waals surface area (Å²) in [6.07, 6.45) is 2.53. The fourth-order valence-electron chi connectivity index (χ4n) is 2.93. The van der Waals surface area contributed by atoms with E-state index in [1.807, 2.05) is 12.1 Å². The Morgan fingerprint density at radius 1 is 1.25 bits per heavy atom. The van der Waals surface area contributed by atoms with Crippen LogP contribution in [0.25, 0.3) is 0 Å². The molecule has 2 heteroatoms. The van der Waals surface area contributed by atoms with E-state index in [2.05, 4.69) is 37.8 Å². The number of hydrogen-bond acceptors (Lipinski definition) is 1. The summed E-state index contributed by atoms with van der Waals surface area (Å²) in [6.45, 7) is 8.11. The van der Waals surface area contributed by atoms with Crippen molar-refractivity contribution in [3.8, 4) is 0 Å². The molecule has 0 spiro atoms. The third-order valence-corrected chi connectivity index (χ3v) is 4.04. The molecule has 0 saturated carbocycles. The lowest BCUT2D eigenvalue weighted by Gasteiger charge is -2.38. The van der Waals surface area contributed by atoms with Crippen LogP contribution in [0.4, 0.5) is 0 Å². The number of likely N-dealkylation sites (tertiary alicyclic amines) is 1. The molecule has 0 aromatic heterocycles. The zero-order valence-electron chi connectivity index (χ0n) is 10.3. The lowest BCUT2D eigenvalue weighted by atomic mass is 9.88. The highest BCUT2D eigenvalue weighted by molar-refractivity contribution is 6.30. The van der Waals surface area contributed by atoms with Gasteiger partial charge >= 0.3 is 0 Å². The predicted molar refractivity (Wildman–Crippen MR) is 69.9 cm³/mol. The second-order valence-corrected chi connectivity index (χ2v) is 5.61. The van der Waals surface area contributed by atoms with Crippen LogP contribution in [-0.2, 0) is 5.54 Å². The molecule has 0 amide bonds. The van der Waals surface area contributed by atoms with E-state index in [-0.39, 0.29) is 5.54 Å². The molecule has 1 aromatic carbocycles. The molecular weight excluding hydrogens is 218 g/mol. The van der Waals surface area contributed by atoms with Crippen molar-refractivity contribution in [1.29, 1.82) is 0 Å². The number of rotatable bonds is 2. The van der Waals surface area contributed by atoms with Gasteiger partial charge in [0.15, 0.2) is 0 Å². The lowest BCUT2D eigenvalue weighted by molar-refractivity contribution is 0.117. The Balaban J connectivity index is 2.33. The van der Waals surface area contributed by atoms with Crippen molar-refractivity contribution >= 4 is 11.6 Å². The van der Waals surface area contributed by atoms with Crippen molar-refractivity contribution in [3.05, 3.63) is 34.9 Å². The van der Waals surface area contributed by atoms with Crippen LogP contribution in [0.2, 0.25) is 5.02 Å². The third kappa shape index (κ3) is 1.99. The molecule has 0 aliphatic carbocycles. The quantitative estimate of drug-likeness (QED) is 0.750.